The summed E-state index contributed by atoms with van der Waals surface area (Å²) in [6, 6.07) is 18.6. The Hall–Kier alpha value is -2.98. The maximum absolute atomic E-state index is 11.2. The molecule has 4 rings (SSSR count). The summed E-state index contributed by atoms with van der Waals surface area (Å²) in [6.45, 7) is 0.166. The van der Waals surface area contributed by atoms with E-state index >= 15 is 0 Å². The Morgan fingerprint density at radius 2 is 1.44 bits per heavy atom. The van der Waals surface area contributed by atoms with Crippen LogP contribution in [0.2, 0.25) is 0 Å². The highest BCUT2D eigenvalue weighted by Crippen LogP contribution is 2.35. The van der Waals surface area contributed by atoms with Gasteiger partial charge in [0.05, 0.1) is 0 Å². The number of rotatable bonds is 6. The lowest BCUT2D eigenvalue weighted by Crippen LogP contribution is -1.94. The number of carbonyl (C=O) groups excluding carboxylic acids is 1. The lowest BCUT2D eigenvalue weighted by molar-refractivity contribution is -0.137. The van der Waals surface area contributed by atoms with Crippen molar-refractivity contribution in [3.05, 3.63) is 60.2 Å². The number of aliphatic hydroxyl groups excluding tert-OH is 1. The zero-order chi connectivity index (χ0) is 19.2. The number of hydrogen-bond donors (Lipinski definition) is 2. The van der Waals surface area contributed by atoms with Crippen molar-refractivity contribution < 1.29 is 19.8 Å². The normalized spacial score (nSPS) is 10.9. The average molecular weight is 362 g/mol. The first-order valence-corrected chi connectivity index (χ1v) is 9.10. The van der Waals surface area contributed by atoms with Gasteiger partial charge in [-0.15, -0.1) is 0 Å². The molecule has 0 saturated heterocycles. The van der Waals surface area contributed by atoms with Gasteiger partial charge in [-0.05, 0) is 45.2 Å². The van der Waals surface area contributed by atoms with E-state index in [2.05, 4.69) is 36.4 Å². The van der Waals surface area contributed by atoms with E-state index in [4.69, 9.17) is 10.2 Å². The molecule has 2 N–H and O–H groups in total. The number of aliphatic carboxylic acids is 1. The summed E-state index contributed by atoms with van der Waals surface area (Å²) >= 11 is 0. The number of unbranched alkanes of at least 4 members (excludes halogenated alkanes) is 2. The van der Waals surface area contributed by atoms with Crippen LogP contribution in [0.4, 0.5) is 0 Å². The Morgan fingerprint density at radius 1 is 0.815 bits per heavy atom. The largest absolute Gasteiger partial charge is 0.481 e. The van der Waals surface area contributed by atoms with E-state index < -0.39 is 5.97 Å². The zero-order valence-electron chi connectivity index (χ0n) is 15.0. The third-order valence-electron chi connectivity index (χ3n) is 4.74. The number of hydrogen-bond acceptors (Lipinski definition) is 3. The number of benzene rings is 4. The predicted octanol–water partition coefficient (Wildman–Crippen LogP) is 5.02. The number of aldehydes is 1. The highest BCUT2D eigenvalue weighted by Gasteiger charge is 2.09. The zero-order valence-corrected chi connectivity index (χ0v) is 15.0. The lowest BCUT2D eigenvalue weighted by Gasteiger charge is -2.11. The molecule has 4 heteroatoms. The Balaban J connectivity index is 0.000000201. The van der Waals surface area contributed by atoms with Crippen LogP contribution >= 0.6 is 0 Å². The molecule has 0 aliphatic heterocycles. The van der Waals surface area contributed by atoms with Crippen molar-refractivity contribution in [3.8, 4) is 0 Å². The van der Waals surface area contributed by atoms with Crippen LogP contribution in [0.3, 0.4) is 0 Å². The highest BCUT2D eigenvalue weighted by molar-refractivity contribution is 6.25. The average Bonchev–Trinajstić information content (AvgIpc) is 2.70. The van der Waals surface area contributed by atoms with E-state index in [0.29, 0.717) is 12.8 Å². The molecule has 0 fully saturated rings. The SMILES string of the molecule is O=C(O)CCCCCO.O=Cc1ccc2ccc3cccc4ccc1c2c34. The summed E-state index contributed by atoms with van der Waals surface area (Å²) in [7, 11) is 0. The first-order chi connectivity index (χ1) is 13.2. The van der Waals surface area contributed by atoms with Gasteiger partial charge in [0.25, 0.3) is 0 Å². The Labute approximate surface area is 157 Å². The Morgan fingerprint density at radius 3 is 2.07 bits per heavy atom. The van der Waals surface area contributed by atoms with Gasteiger partial charge in [-0.2, -0.15) is 0 Å². The first-order valence-electron chi connectivity index (χ1n) is 9.10. The molecule has 0 spiro atoms. The van der Waals surface area contributed by atoms with Crippen molar-refractivity contribution >= 4 is 44.6 Å². The van der Waals surface area contributed by atoms with Crippen LogP contribution in [-0.2, 0) is 4.79 Å². The maximum atomic E-state index is 11.2. The first kappa shape index (κ1) is 18.8. The number of carboxylic acids is 1. The van der Waals surface area contributed by atoms with Gasteiger partial charge < -0.3 is 10.2 Å². The molecular formula is C23H22O4. The quantitative estimate of drug-likeness (QED) is 0.287. The summed E-state index contributed by atoms with van der Waals surface area (Å²) in [5.74, 6) is -0.757. The third-order valence-corrected chi connectivity index (χ3v) is 4.74. The summed E-state index contributed by atoms with van der Waals surface area (Å²) in [6.07, 6.45) is 3.36. The van der Waals surface area contributed by atoms with Gasteiger partial charge in [-0.25, -0.2) is 0 Å². The second kappa shape index (κ2) is 8.60. The molecular weight excluding hydrogens is 340 g/mol. The van der Waals surface area contributed by atoms with Crippen molar-refractivity contribution in [2.24, 2.45) is 0 Å². The minimum Gasteiger partial charge on any atom is -0.481 e. The van der Waals surface area contributed by atoms with Gasteiger partial charge in [0.2, 0.25) is 0 Å². The molecule has 27 heavy (non-hydrogen) atoms. The van der Waals surface area contributed by atoms with Crippen molar-refractivity contribution in [2.45, 2.75) is 25.7 Å². The monoisotopic (exact) mass is 362 g/mol. The fourth-order valence-electron chi connectivity index (χ4n) is 3.43. The molecule has 0 heterocycles. The number of carbonyl (C=O) groups is 2. The fraction of sp³-hybridized carbons (Fsp3) is 0.217. The van der Waals surface area contributed by atoms with E-state index in [-0.39, 0.29) is 13.0 Å². The molecule has 4 nitrogen and oxygen atoms in total. The van der Waals surface area contributed by atoms with E-state index in [1.165, 1.54) is 26.9 Å². The van der Waals surface area contributed by atoms with Crippen LogP contribution in [0.25, 0.3) is 32.3 Å². The van der Waals surface area contributed by atoms with Gasteiger partial charge in [0.15, 0.2) is 6.29 Å². The van der Waals surface area contributed by atoms with Crippen LogP contribution in [0.1, 0.15) is 36.0 Å². The van der Waals surface area contributed by atoms with E-state index in [9.17, 15) is 9.59 Å². The van der Waals surface area contributed by atoms with Crippen molar-refractivity contribution in [1.29, 1.82) is 0 Å². The van der Waals surface area contributed by atoms with Crippen molar-refractivity contribution in [2.75, 3.05) is 6.61 Å². The summed E-state index contributed by atoms with van der Waals surface area (Å²) in [5.41, 5.74) is 0.765. The summed E-state index contributed by atoms with van der Waals surface area (Å²) in [4.78, 5) is 21.1. The Kier molecular flexibility index (Phi) is 5.99. The minimum atomic E-state index is -0.757. The van der Waals surface area contributed by atoms with Gasteiger partial charge in [0.1, 0.15) is 0 Å². The number of carboxylic acid groups (broad SMARTS) is 1. The van der Waals surface area contributed by atoms with Gasteiger partial charge in [-0.1, -0.05) is 61.0 Å². The van der Waals surface area contributed by atoms with Gasteiger partial charge in [0, 0.05) is 18.6 Å². The van der Waals surface area contributed by atoms with E-state index in [1.807, 2.05) is 18.2 Å². The molecule has 4 aromatic rings. The molecule has 0 radical (unpaired) electrons. The Bertz CT molecular complexity index is 1050. The van der Waals surface area contributed by atoms with Crippen LogP contribution in [0.5, 0.6) is 0 Å². The van der Waals surface area contributed by atoms with Crippen molar-refractivity contribution in [1.82, 2.24) is 0 Å². The highest BCUT2D eigenvalue weighted by atomic mass is 16.4. The van der Waals surface area contributed by atoms with Gasteiger partial charge in [-0.3, -0.25) is 9.59 Å². The molecule has 0 amide bonds. The summed E-state index contributed by atoms with van der Waals surface area (Å²) in [5, 5.41) is 23.6. The molecule has 4 aromatic carbocycles. The molecule has 0 aliphatic carbocycles. The molecule has 0 aromatic heterocycles. The smallest absolute Gasteiger partial charge is 0.303 e. The van der Waals surface area contributed by atoms with Gasteiger partial charge >= 0.3 is 5.97 Å². The van der Waals surface area contributed by atoms with E-state index in [0.717, 1.165) is 23.7 Å². The molecule has 0 atom stereocenters. The van der Waals surface area contributed by atoms with Crippen LogP contribution in [-0.4, -0.2) is 29.1 Å². The second-order valence-corrected chi connectivity index (χ2v) is 6.56. The topological polar surface area (TPSA) is 74.6 Å². The number of aliphatic hydroxyl groups is 1. The van der Waals surface area contributed by atoms with Crippen LogP contribution in [0.15, 0.2) is 54.6 Å². The predicted molar refractivity (Wildman–Crippen MR) is 109 cm³/mol. The molecule has 138 valence electrons. The lowest BCUT2D eigenvalue weighted by atomic mass is 9.92. The molecule has 0 bridgehead atoms. The minimum absolute atomic E-state index is 0.166. The van der Waals surface area contributed by atoms with Crippen LogP contribution < -0.4 is 0 Å². The molecule has 0 saturated carbocycles. The molecule has 0 unspecified atom stereocenters. The van der Waals surface area contributed by atoms with Crippen LogP contribution in [0, 0.1) is 0 Å². The third kappa shape index (κ3) is 4.07. The standard InChI is InChI=1S/C17H10O.C6H12O3/c18-10-14-7-6-13-5-4-11-2-1-3-12-8-9-15(14)17(13)16(11)12;7-5-3-1-2-4-6(8)9/h1-10H;7H,1-5H2,(H,8,9). The summed E-state index contributed by atoms with van der Waals surface area (Å²) < 4.78 is 0. The molecule has 0 aliphatic rings. The fourth-order valence-corrected chi connectivity index (χ4v) is 3.43. The van der Waals surface area contributed by atoms with Crippen molar-refractivity contribution in [3.63, 3.8) is 0 Å². The second-order valence-electron chi connectivity index (χ2n) is 6.56. The maximum Gasteiger partial charge on any atom is 0.303 e. The van der Waals surface area contributed by atoms with E-state index in [1.54, 1.807) is 0 Å².